The minimum atomic E-state index is -0.194. The van der Waals surface area contributed by atoms with Crippen LogP contribution in [-0.4, -0.2) is 24.6 Å². The fourth-order valence-electron chi connectivity index (χ4n) is 2.22. The number of rotatable bonds is 7. The van der Waals surface area contributed by atoms with Crippen LogP contribution in [0.1, 0.15) is 31.9 Å². The summed E-state index contributed by atoms with van der Waals surface area (Å²) in [6.45, 7) is 8.03. The van der Waals surface area contributed by atoms with Crippen molar-refractivity contribution >= 4 is 53.0 Å². The zero-order valence-corrected chi connectivity index (χ0v) is 19.1. The molecule has 0 aliphatic rings. The van der Waals surface area contributed by atoms with Gasteiger partial charge in [-0.2, -0.15) is 11.3 Å². The van der Waals surface area contributed by atoms with Crippen LogP contribution in [0, 0.1) is 0 Å². The van der Waals surface area contributed by atoms with E-state index in [0.29, 0.717) is 13.1 Å². The van der Waals surface area contributed by atoms with Gasteiger partial charge in [-0.3, -0.25) is 0 Å². The number of thiophene rings is 1. The van der Waals surface area contributed by atoms with Gasteiger partial charge in [-0.25, -0.2) is 9.79 Å². The maximum atomic E-state index is 11.7. The zero-order chi connectivity index (χ0) is 18.8. The largest absolute Gasteiger partial charge is 0.357 e. The minimum absolute atomic E-state index is 0. The summed E-state index contributed by atoms with van der Waals surface area (Å²) < 4.78 is 0. The Morgan fingerprint density at radius 2 is 1.85 bits per heavy atom. The number of carbonyl (C=O) groups excluding carboxylic acids is 1. The number of nitrogens with one attached hydrogen (secondary N) is 4. The smallest absolute Gasteiger partial charge is 0.319 e. The Labute approximate surface area is 182 Å². The quantitative estimate of drug-likeness (QED) is 0.262. The number of nitrogens with zero attached hydrogens (tertiary/aromatic N) is 1. The fraction of sp³-hybridized carbons (Fsp3) is 0.368. The fourth-order valence-corrected chi connectivity index (χ4v) is 2.88. The molecule has 2 aromatic rings. The van der Waals surface area contributed by atoms with Gasteiger partial charge < -0.3 is 21.3 Å². The molecule has 27 heavy (non-hydrogen) atoms. The van der Waals surface area contributed by atoms with E-state index in [2.05, 4.69) is 43.1 Å². The number of aliphatic imine (C=N–C) groups is 1. The molecule has 1 aromatic heterocycles. The predicted octanol–water partition coefficient (Wildman–Crippen LogP) is 4.15. The van der Waals surface area contributed by atoms with Crippen LogP contribution in [0.25, 0.3) is 0 Å². The second kappa shape index (κ2) is 12.6. The van der Waals surface area contributed by atoms with Gasteiger partial charge in [0, 0.05) is 24.8 Å². The van der Waals surface area contributed by atoms with Crippen molar-refractivity contribution in [2.45, 2.75) is 39.9 Å². The number of carbonyl (C=O) groups is 1. The van der Waals surface area contributed by atoms with Gasteiger partial charge in [0.15, 0.2) is 5.96 Å². The number of urea groups is 1. The molecule has 0 bridgehead atoms. The Hall–Kier alpha value is -1.81. The molecule has 0 radical (unpaired) electrons. The highest BCUT2D eigenvalue weighted by Crippen LogP contribution is 2.10. The lowest BCUT2D eigenvalue weighted by molar-refractivity contribution is 0.250. The molecule has 0 fully saturated rings. The molecule has 8 heteroatoms. The number of hydrogen-bond acceptors (Lipinski definition) is 3. The van der Waals surface area contributed by atoms with Crippen molar-refractivity contribution in [2.75, 3.05) is 11.9 Å². The summed E-state index contributed by atoms with van der Waals surface area (Å²) in [5, 5.41) is 16.4. The normalized spacial score (nSPS) is 10.9. The summed E-state index contributed by atoms with van der Waals surface area (Å²) in [4.78, 5) is 16.3. The van der Waals surface area contributed by atoms with E-state index in [1.54, 1.807) is 11.3 Å². The number of amides is 2. The summed E-state index contributed by atoms with van der Waals surface area (Å²) in [7, 11) is 0. The SMILES string of the molecule is CCNC(=NCc1ccsc1)NCc1ccc(NC(=O)NC(C)C)cc1.I. The van der Waals surface area contributed by atoms with Gasteiger partial charge in [0.2, 0.25) is 0 Å². The average molecular weight is 501 g/mol. The van der Waals surface area contributed by atoms with E-state index < -0.39 is 0 Å². The molecular weight excluding hydrogens is 473 g/mol. The van der Waals surface area contributed by atoms with Gasteiger partial charge in [0.1, 0.15) is 0 Å². The minimum Gasteiger partial charge on any atom is -0.357 e. The second-order valence-electron chi connectivity index (χ2n) is 6.13. The standard InChI is InChI=1S/C19H27N5OS.HI/c1-4-20-18(22-12-16-9-10-26-13-16)21-11-15-5-7-17(8-6-15)24-19(25)23-14(2)3;/h5-10,13-14H,4,11-12H2,1-3H3,(H2,20,21,22)(H2,23,24,25);1H. The third-order valence-electron chi connectivity index (χ3n) is 3.44. The molecule has 0 atom stereocenters. The monoisotopic (exact) mass is 501 g/mol. The molecule has 0 spiro atoms. The number of guanidine groups is 1. The zero-order valence-electron chi connectivity index (χ0n) is 15.9. The molecule has 1 aromatic carbocycles. The van der Waals surface area contributed by atoms with Gasteiger partial charge in [-0.15, -0.1) is 24.0 Å². The van der Waals surface area contributed by atoms with E-state index in [4.69, 9.17) is 0 Å². The van der Waals surface area contributed by atoms with E-state index in [-0.39, 0.29) is 36.0 Å². The highest BCUT2D eigenvalue weighted by atomic mass is 127. The number of anilines is 1. The van der Waals surface area contributed by atoms with Gasteiger partial charge in [-0.1, -0.05) is 12.1 Å². The third kappa shape index (κ3) is 9.09. The lowest BCUT2D eigenvalue weighted by Gasteiger charge is -2.12. The van der Waals surface area contributed by atoms with Crippen LogP contribution in [0.4, 0.5) is 10.5 Å². The Bertz CT molecular complexity index is 701. The first-order valence-electron chi connectivity index (χ1n) is 8.76. The van der Waals surface area contributed by atoms with Crippen molar-refractivity contribution in [1.29, 1.82) is 0 Å². The van der Waals surface area contributed by atoms with E-state index in [1.807, 2.05) is 45.0 Å². The van der Waals surface area contributed by atoms with Crippen molar-refractivity contribution in [2.24, 2.45) is 4.99 Å². The van der Waals surface area contributed by atoms with Crippen molar-refractivity contribution < 1.29 is 4.79 Å². The molecule has 2 amide bonds. The molecule has 6 nitrogen and oxygen atoms in total. The van der Waals surface area contributed by atoms with E-state index in [1.165, 1.54) is 5.56 Å². The topological polar surface area (TPSA) is 77.6 Å². The number of hydrogen-bond donors (Lipinski definition) is 4. The van der Waals surface area contributed by atoms with Crippen LogP contribution >= 0.6 is 35.3 Å². The molecule has 148 valence electrons. The van der Waals surface area contributed by atoms with Crippen LogP contribution in [0.15, 0.2) is 46.1 Å². The van der Waals surface area contributed by atoms with Crippen molar-refractivity contribution in [3.63, 3.8) is 0 Å². The van der Waals surface area contributed by atoms with Gasteiger partial charge in [0.25, 0.3) is 0 Å². The van der Waals surface area contributed by atoms with Crippen LogP contribution in [0.2, 0.25) is 0 Å². The second-order valence-corrected chi connectivity index (χ2v) is 6.91. The summed E-state index contributed by atoms with van der Waals surface area (Å²) in [6.07, 6.45) is 0. The van der Waals surface area contributed by atoms with Crippen LogP contribution < -0.4 is 21.3 Å². The van der Waals surface area contributed by atoms with Crippen LogP contribution in [0.3, 0.4) is 0 Å². The molecule has 0 aliphatic heterocycles. The molecule has 4 N–H and O–H groups in total. The van der Waals surface area contributed by atoms with E-state index in [0.717, 1.165) is 23.8 Å². The van der Waals surface area contributed by atoms with Crippen molar-refractivity contribution in [3.8, 4) is 0 Å². The van der Waals surface area contributed by atoms with E-state index >= 15 is 0 Å². The maximum Gasteiger partial charge on any atom is 0.319 e. The maximum absolute atomic E-state index is 11.7. The summed E-state index contributed by atoms with van der Waals surface area (Å²) in [5.74, 6) is 0.789. The first kappa shape index (κ1) is 23.2. The lowest BCUT2D eigenvalue weighted by atomic mass is 10.2. The Morgan fingerprint density at radius 3 is 2.44 bits per heavy atom. The molecular formula is C19H28IN5OS. The average Bonchev–Trinajstić information content (AvgIpc) is 3.11. The summed E-state index contributed by atoms with van der Waals surface area (Å²) in [5.41, 5.74) is 3.09. The summed E-state index contributed by atoms with van der Waals surface area (Å²) >= 11 is 1.68. The van der Waals surface area contributed by atoms with Gasteiger partial charge in [-0.05, 0) is 60.9 Å². The lowest BCUT2D eigenvalue weighted by Crippen LogP contribution is -2.36. The first-order chi connectivity index (χ1) is 12.6. The molecule has 0 unspecified atom stereocenters. The third-order valence-corrected chi connectivity index (χ3v) is 4.17. The van der Waals surface area contributed by atoms with Crippen LogP contribution in [-0.2, 0) is 13.1 Å². The molecule has 0 aliphatic carbocycles. The molecule has 1 heterocycles. The molecule has 2 rings (SSSR count). The Balaban J connectivity index is 0.00000364. The predicted molar refractivity (Wildman–Crippen MR) is 125 cm³/mol. The Morgan fingerprint density at radius 1 is 1.11 bits per heavy atom. The van der Waals surface area contributed by atoms with E-state index in [9.17, 15) is 4.79 Å². The van der Waals surface area contributed by atoms with Gasteiger partial charge >= 0.3 is 6.03 Å². The van der Waals surface area contributed by atoms with Crippen molar-refractivity contribution in [1.82, 2.24) is 16.0 Å². The Kier molecular flexibility index (Phi) is 10.8. The van der Waals surface area contributed by atoms with Crippen LogP contribution in [0.5, 0.6) is 0 Å². The first-order valence-corrected chi connectivity index (χ1v) is 9.70. The highest BCUT2D eigenvalue weighted by molar-refractivity contribution is 14.0. The summed E-state index contributed by atoms with van der Waals surface area (Å²) in [6, 6.07) is 9.76. The molecule has 0 saturated carbocycles. The number of halogens is 1. The highest BCUT2D eigenvalue weighted by Gasteiger charge is 2.04. The van der Waals surface area contributed by atoms with Crippen molar-refractivity contribution in [3.05, 3.63) is 52.2 Å². The van der Waals surface area contributed by atoms with Gasteiger partial charge in [0.05, 0.1) is 6.54 Å². The number of benzene rings is 1. The molecule has 0 saturated heterocycles.